The highest BCUT2D eigenvalue weighted by molar-refractivity contribution is 6.32. The average molecular weight is 362 g/mol. The van der Waals surface area contributed by atoms with E-state index in [9.17, 15) is 4.79 Å². The molecule has 1 aliphatic heterocycles. The van der Waals surface area contributed by atoms with Crippen LogP contribution in [0.3, 0.4) is 0 Å². The molecule has 6 heteroatoms. The van der Waals surface area contributed by atoms with Gasteiger partial charge in [0.1, 0.15) is 18.5 Å². The van der Waals surface area contributed by atoms with Crippen LogP contribution in [0, 0.1) is 13.8 Å². The van der Waals surface area contributed by atoms with E-state index in [1.807, 2.05) is 50.2 Å². The third-order valence-corrected chi connectivity index (χ3v) is 4.47. The lowest BCUT2D eigenvalue weighted by Crippen LogP contribution is -2.42. The number of para-hydroxylation sites is 2. The lowest BCUT2D eigenvalue weighted by Gasteiger charge is -2.26. The second-order valence-corrected chi connectivity index (χ2v) is 6.34. The zero-order valence-corrected chi connectivity index (χ0v) is 14.9. The summed E-state index contributed by atoms with van der Waals surface area (Å²) in [6, 6.07) is 11.1. The number of fused-ring (bicyclic) bond motifs is 1. The molecule has 2 aromatic rings. The summed E-state index contributed by atoms with van der Waals surface area (Å²) in [5.74, 6) is 1.83. The monoisotopic (exact) mass is 361 g/mol. The minimum atomic E-state index is -0.223. The molecular weight excluding hydrogens is 342 g/mol. The molecule has 0 bridgehead atoms. The molecule has 0 aromatic heterocycles. The van der Waals surface area contributed by atoms with Gasteiger partial charge < -0.3 is 19.5 Å². The predicted octanol–water partition coefficient (Wildman–Crippen LogP) is 3.29. The van der Waals surface area contributed by atoms with E-state index in [-0.39, 0.29) is 18.6 Å². The zero-order valence-electron chi connectivity index (χ0n) is 14.2. The van der Waals surface area contributed by atoms with Crippen molar-refractivity contribution in [2.24, 2.45) is 0 Å². The summed E-state index contributed by atoms with van der Waals surface area (Å²) in [6.45, 7) is 4.49. The van der Waals surface area contributed by atoms with Crippen LogP contribution in [-0.4, -0.2) is 31.8 Å². The summed E-state index contributed by atoms with van der Waals surface area (Å²) in [6.07, 6.45) is -0.223. The molecule has 25 heavy (non-hydrogen) atoms. The van der Waals surface area contributed by atoms with E-state index >= 15 is 0 Å². The van der Waals surface area contributed by atoms with E-state index in [1.54, 1.807) is 0 Å². The van der Waals surface area contributed by atoms with Gasteiger partial charge in [-0.25, -0.2) is 0 Å². The Morgan fingerprint density at radius 1 is 1.24 bits per heavy atom. The van der Waals surface area contributed by atoms with Crippen LogP contribution in [0.5, 0.6) is 17.2 Å². The highest BCUT2D eigenvalue weighted by atomic mass is 35.5. The van der Waals surface area contributed by atoms with Crippen LogP contribution in [0.25, 0.3) is 0 Å². The van der Waals surface area contributed by atoms with Crippen LogP contribution in [0.4, 0.5) is 0 Å². The molecule has 132 valence electrons. The standard InChI is InChI=1S/C19H20ClNO4/c1-12-7-14(8-13(2)19(12)20)23-11-18(22)21-9-15-10-24-16-5-3-4-6-17(16)25-15/h3-8,15H,9-11H2,1-2H3,(H,21,22). The second kappa shape index (κ2) is 7.66. The smallest absolute Gasteiger partial charge is 0.258 e. The third-order valence-electron chi connectivity index (χ3n) is 3.87. The lowest BCUT2D eigenvalue weighted by atomic mass is 10.1. The van der Waals surface area contributed by atoms with Gasteiger partial charge >= 0.3 is 0 Å². The first-order chi connectivity index (χ1) is 12.0. The quantitative estimate of drug-likeness (QED) is 0.887. The lowest BCUT2D eigenvalue weighted by molar-refractivity contribution is -0.123. The fraction of sp³-hybridized carbons (Fsp3) is 0.316. The minimum absolute atomic E-state index is 0.0648. The van der Waals surface area contributed by atoms with Crippen LogP contribution >= 0.6 is 11.6 Å². The highest BCUT2D eigenvalue weighted by Gasteiger charge is 2.21. The molecule has 2 aromatic carbocycles. The molecule has 0 saturated carbocycles. The van der Waals surface area contributed by atoms with Gasteiger partial charge in [0.2, 0.25) is 0 Å². The largest absolute Gasteiger partial charge is 0.486 e. The summed E-state index contributed by atoms with van der Waals surface area (Å²) >= 11 is 6.12. The summed E-state index contributed by atoms with van der Waals surface area (Å²) < 4.78 is 16.9. The van der Waals surface area contributed by atoms with Crippen LogP contribution in [0.1, 0.15) is 11.1 Å². The van der Waals surface area contributed by atoms with Crippen LogP contribution in [0.2, 0.25) is 5.02 Å². The van der Waals surface area contributed by atoms with Crippen molar-refractivity contribution in [2.45, 2.75) is 20.0 Å². The van der Waals surface area contributed by atoms with Gasteiger partial charge in [0.15, 0.2) is 18.1 Å². The van der Waals surface area contributed by atoms with Crippen LogP contribution < -0.4 is 19.5 Å². The number of carbonyl (C=O) groups is 1. The summed E-state index contributed by atoms with van der Waals surface area (Å²) in [4.78, 5) is 12.0. The molecular formula is C19H20ClNO4. The van der Waals surface area contributed by atoms with Gasteiger partial charge in [0, 0.05) is 5.02 Å². The van der Waals surface area contributed by atoms with Gasteiger partial charge in [0.05, 0.1) is 6.54 Å². The summed E-state index contributed by atoms with van der Waals surface area (Å²) in [5, 5.41) is 3.51. The van der Waals surface area contributed by atoms with Gasteiger partial charge in [-0.3, -0.25) is 4.79 Å². The van der Waals surface area contributed by atoms with E-state index in [0.29, 0.717) is 29.7 Å². The first-order valence-electron chi connectivity index (χ1n) is 8.07. The maximum absolute atomic E-state index is 12.0. The molecule has 1 amide bonds. The van der Waals surface area contributed by atoms with E-state index in [2.05, 4.69) is 5.32 Å². The van der Waals surface area contributed by atoms with Crippen molar-refractivity contribution in [1.82, 2.24) is 5.32 Å². The Labute approximate surface area is 151 Å². The Bertz CT molecular complexity index is 755. The molecule has 1 atom stereocenters. The number of nitrogens with one attached hydrogen (secondary N) is 1. The minimum Gasteiger partial charge on any atom is -0.486 e. The molecule has 5 nitrogen and oxygen atoms in total. The van der Waals surface area contributed by atoms with Crippen LogP contribution in [-0.2, 0) is 4.79 Å². The number of aryl methyl sites for hydroxylation is 2. The molecule has 0 fully saturated rings. The first-order valence-corrected chi connectivity index (χ1v) is 8.45. The van der Waals surface area contributed by atoms with Crippen molar-refractivity contribution in [1.29, 1.82) is 0 Å². The van der Waals surface area contributed by atoms with E-state index in [4.69, 9.17) is 25.8 Å². The topological polar surface area (TPSA) is 56.8 Å². The number of benzene rings is 2. The number of halogens is 1. The summed E-state index contributed by atoms with van der Waals surface area (Å²) in [5.41, 5.74) is 1.84. The van der Waals surface area contributed by atoms with Gasteiger partial charge in [-0.05, 0) is 49.2 Å². The fourth-order valence-corrected chi connectivity index (χ4v) is 2.69. The van der Waals surface area contributed by atoms with E-state index < -0.39 is 0 Å². The van der Waals surface area contributed by atoms with Gasteiger partial charge in [-0.15, -0.1) is 0 Å². The third kappa shape index (κ3) is 4.37. The Kier molecular flexibility index (Phi) is 5.34. The SMILES string of the molecule is Cc1cc(OCC(=O)NCC2COc3ccccc3O2)cc(C)c1Cl. The molecule has 1 aliphatic rings. The number of hydrogen-bond donors (Lipinski definition) is 1. The molecule has 3 rings (SSSR count). The number of ether oxygens (including phenoxy) is 3. The molecule has 1 unspecified atom stereocenters. The molecule has 0 aliphatic carbocycles. The number of rotatable bonds is 5. The number of amides is 1. The maximum Gasteiger partial charge on any atom is 0.258 e. The Balaban J connectivity index is 1.46. The van der Waals surface area contributed by atoms with Gasteiger partial charge in [-0.1, -0.05) is 23.7 Å². The summed E-state index contributed by atoms with van der Waals surface area (Å²) in [7, 11) is 0. The molecule has 1 heterocycles. The molecule has 0 saturated heterocycles. The van der Waals surface area contributed by atoms with Gasteiger partial charge in [0.25, 0.3) is 5.91 Å². The van der Waals surface area contributed by atoms with Crippen molar-refractivity contribution in [2.75, 3.05) is 19.8 Å². The maximum atomic E-state index is 12.0. The van der Waals surface area contributed by atoms with Gasteiger partial charge in [-0.2, -0.15) is 0 Å². The number of carbonyl (C=O) groups excluding carboxylic acids is 1. The fourth-order valence-electron chi connectivity index (χ4n) is 2.58. The number of hydrogen-bond acceptors (Lipinski definition) is 4. The van der Waals surface area contributed by atoms with Crippen molar-refractivity contribution in [3.05, 3.63) is 52.5 Å². The Morgan fingerprint density at radius 2 is 1.92 bits per heavy atom. The van der Waals surface area contributed by atoms with Crippen molar-refractivity contribution in [3.8, 4) is 17.2 Å². The second-order valence-electron chi connectivity index (χ2n) is 5.96. The van der Waals surface area contributed by atoms with E-state index in [1.165, 1.54) is 0 Å². The molecule has 0 radical (unpaired) electrons. The van der Waals surface area contributed by atoms with Crippen molar-refractivity contribution >= 4 is 17.5 Å². The molecule has 1 N–H and O–H groups in total. The highest BCUT2D eigenvalue weighted by Crippen LogP contribution is 2.30. The first kappa shape index (κ1) is 17.4. The Hall–Kier alpha value is -2.40. The predicted molar refractivity (Wildman–Crippen MR) is 95.8 cm³/mol. The normalized spacial score (nSPS) is 15.6. The Morgan fingerprint density at radius 3 is 2.64 bits per heavy atom. The molecule has 0 spiro atoms. The van der Waals surface area contributed by atoms with Crippen molar-refractivity contribution < 1.29 is 19.0 Å². The van der Waals surface area contributed by atoms with Crippen LogP contribution in [0.15, 0.2) is 36.4 Å². The van der Waals surface area contributed by atoms with E-state index in [0.717, 1.165) is 16.9 Å². The van der Waals surface area contributed by atoms with Crippen molar-refractivity contribution in [3.63, 3.8) is 0 Å². The zero-order chi connectivity index (χ0) is 17.8. The average Bonchev–Trinajstić information content (AvgIpc) is 2.62.